The van der Waals surface area contributed by atoms with E-state index in [1.807, 2.05) is 0 Å². The van der Waals surface area contributed by atoms with Crippen LogP contribution in [-0.2, 0) is 0 Å². The lowest BCUT2D eigenvalue weighted by Crippen LogP contribution is -2.20. The van der Waals surface area contributed by atoms with Gasteiger partial charge in [-0.15, -0.1) is 0 Å². The highest BCUT2D eigenvalue weighted by molar-refractivity contribution is 5.87. The van der Waals surface area contributed by atoms with E-state index in [4.69, 9.17) is 10.8 Å². The second kappa shape index (κ2) is 4.98. The number of amides is 2. The summed E-state index contributed by atoms with van der Waals surface area (Å²) in [6.45, 7) is -0.289. The molecule has 0 aliphatic rings. The molecule has 0 fully saturated rings. The topological polar surface area (TPSA) is 75.4 Å². The van der Waals surface area contributed by atoms with Gasteiger partial charge in [0.05, 0.1) is 5.69 Å². The van der Waals surface area contributed by atoms with Gasteiger partial charge in [0.25, 0.3) is 0 Å². The minimum absolute atomic E-state index is 0.00273. The van der Waals surface area contributed by atoms with Crippen molar-refractivity contribution in [2.75, 3.05) is 11.9 Å². The van der Waals surface area contributed by atoms with Crippen molar-refractivity contribution in [3.8, 4) is 11.8 Å². The number of nitrogens with one attached hydrogen (secondary N) is 1. The quantitative estimate of drug-likeness (QED) is 0.593. The third-order valence-corrected chi connectivity index (χ3v) is 1.54. The van der Waals surface area contributed by atoms with Crippen LogP contribution in [0.2, 0.25) is 0 Å². The Morgan fingerprint density at radius 2 is 2.33 bits per heavy atom. The standard InChI is InChI=1S/C10H9FN2O2/c11-8-6-7(2-1-5-14)3-4-9(8)13-10(12)15/h3-4,6,14H,5H2,(H3,12,13,15). The lowest BCUT2D eigenvalue weighted by atomic mass is 10.2. The largest absolute Gasteiger partial charge is 0.384 e. The van der Waals surface area contributed by atoms with Crippen molar-refractivity contribution < 1.29 is 14.3 Å². The number of rotatable bonds is 1. The molecule has 0 atom stereocenters. The lowest BCUT2D eigenvalue weighted by molar-refractivity contribution is 0.259. The number of carbonyl (C=O) groups is 1. The molecule has 4 nitrogen and oxygen atoms in total. The van der Waals surface area contributed by atoms with Crippen molar-refractivity contribution in [1.82, 2.24) is 0 Å². The van der Waals surface area contributed by atoms with Crippen LogP contribution in [0.5, 0.6) is 0 Å². The number of anilines is 1. The number of primary amides is 1. The van der Waals surface area contributed by atoms with E-state index < -0.39 is 11.8 Å². The minimum Gasteiger partial charge on any atom is -0.384 e. The Hall–Kier alpha value is -2.06. The van der Waals surface area contributed by atoms with Crippen molar-refractivity contribution in [3.63, 3.8) is 0 Å². The van der Waals surface area contributed by atoms with Crippen LogP contribution in [0.4, 0.5) is 14.9 Å². The molecule has 0 saturated carbocycles. The van der Waals surface area contributed by atoms with Gasteiger partial charge >= 0.3 is 6.03 Å². The third-order valence-electron chi connectivity index (χ3n) is 1.54. The number of hydrogen-bond donors (Lipinski definition) is 3. The van der Waals surface area contributed by atoms with E-state index in [2.05, 4.69) is 17.2 Å². The van der Waals surface area contributed by atoms with Crippen molar-refractivity contribution in [2.45, 2.75) is 0 Å². The molecule has 0 saturated heterocycles. The first kappa shape index (κ1) is 11.0. The van der Waals surface area contributed by atoms with Gasteiger partial charge in [0.15, 0.2) is 0 Å². The average molecular weight is 208 g/mol. The summed E-state index contributed by atoms with van der Waals surface area (Å²) >= 11 is 0. The summed E-state index contributed by atoms with van der Waals surface area (Å²) in [4.78, 5) is 10.5. The van der Waals surface area contributed by atoms with Crippen LogP contribution in [0.3, 0.4) is 0 Å². The van der Waals surface area contributed by atoms with E-state index in [1.165, 1.54) is 12.1 Å². The number of carbonyl (C=O) groups excluding carboxylic acids is 1. The number of benzene rings is 1. The molecule has 0 aliphatic carbocycles. The number of aliphatic hydroxyl groups is 1. The first-order valence-corrected chi connectivity index (χ1v) is 4.09. The fraction of sp³-hybridized carbons (Fsp3) is 0.100. The fourth-order valence-corrected chi connectivity index (χ4v) is 0.969. The van der Waals surface area contributed by atoms with Crippen LogP contribution in [0.1, 0.15) is 5.56 Å². The Labute approximate surface area is 85.9 Å². The van der Waals surface area contributed by atoms with E-state index in [9.17, 15) is 9.18 Å². The summed E-state index contributed by atoms with van der Waals surface area (Å²) in [5.74, 6) is 4.28. The van der Waals surface area contributed by atoms with Gasteiger partial charge < -0.3 is 16.2 Å². The Kier molecular flexibility index (Phi) is 3.66. The van der Waals surface area contributed by atoms with Crippen molar-refractivity contribution in [3.05, 3.63) is 29.6 Å². The van der Waals surface area contributed by atoms with Gasteiger partial charge in [0.1, 0.15) is 12.4 Å². The van der Waals surface area contributed by atoms with Gasteiger partial charge in [0, 0.05) is 5.56 Å². The van der Waals surface area contributed by atoms with Crippen molar-refractivity contribution in [1.29, 1.82) is 0 Å². The van der Waals surface area contributed by atoms with Gasteiger partial charge in [-0.05, 0) is 18.2 Å². The van der Waals surface area contributed by atoms with E-state index in [1.54, 1.807) is 0 Å². The highest BCUT2D eigenvalue weighted by atomic mass is 19.1. The number of urea groups is 1. The van der Waals surface area contributed by atoms with Crippen LogP contribution in [-0.4, -0.2) is 17.7 Å². The molecule has 1 rings (SSSR count). The molecule has 1 aromatic carbocycles. The summed E-state index contributed by atoms with van der Waals surface area (Å²) < 4.78 is 13.2. The third kappa shape index (κ3) is 3.29. The van der Waals surface area contributed by atoms with E-state index in [-0.39, 0.29) is 12.3 Å². The number of nitrogens with two attached hydrogens (primary N) is 1. The van der Waals surface area contributed by atoms with Crippen LogP contribution in [0.25, 0.3) is 0 Å². The molecule has 2 amide bonds. The zero-order valence-corrected chi connectivity index (χ0v) is 7.75. The minimum atomic E-state index is -0.830. The maximum atomic E-state index is 13.2. The molecule has 78 valence electrons. The van der Waals surface area contributed by atoms with Crippen LogP contribution >= 0.6 is 0 Å². The molecule has 0 aromatic heterocycles. The van der Waals surface area contributed by atoms with Gasteiger partial charge in [0.2, 0.25) is 0 Å². The van der Waals surface area contributed by atoms with E-state index in [0.717, 1.165) is 6.07 Å². The molecule has 15 heavy (non-hydrogen) atoms. The van der Waals surface area contributed by atoms with Gasteiger partial charge in [-0.1, -0.05) is 11.8 Å². The second-order valence-electron chi connectivity index (χ2n) is 2.64. The van der Waals surface area contributed by atoms with E-state index >= 15 is 0 Å². The molecule has 1 aromatic rings. The molecule has 0 spiro atoms. The molecule has 4 N–H and O–H groups in total. The van der Waals surface area contributed by atoms with Gasteiger partial charge in [-0.3, -0.25) is 0 Å². The summed E-state index contributed by atoms with van der Waals surface area (Å²) in [6, 6.07) is 3.18. The summed E-state index contributed by atoms with van der Waals surface area (Å²) in [7, 11) is 0. The zero-order valence-electron chi connectivity index (χ0n) is 7.75. The summed E-state index contributed by atoms with van der Waals surface area (Å²) in [6.07, 6.45) is 0. The van der Waals surface area contributed by atoms with Gasteiger partial charge in [-0.25, -0.2) is 9.18 Å². The highest BCUT2D eigenvalue weighted by Crippen LogP contribution is 2.14. The maximum Gasteiger partial charge on any atom is 0.316 e. The monoisotopic (exact) mass is 208 g/mol. The maximum absolute atomic E-state index is 13.2. The molecule has 0 radical (unpaired) electrons. The van der Waals surface area contributed by atoms with E-state index in [0.29, 0.717) is 5.56 Å². The number of hydrogen-bond acceptors (Lipinski definition) is 2. The van der Waals surface area contributed by atoms with Crippen molar-refractivity contribution in [2.24, 2.45) is 5.73 Å². The summed E-state index contributed by atoms with van der Waals surface area (Å²) in [5, 5.41) is 10.6. The van der Waals surface area contributed by atoms with Crippen LogP contribution in [0.15, 0.2) is 18.2 Å². The van der Waals surface area contributed by atoms with Crippen LogP contribution < -0.4 is 11.1 Å². The average Bonchev–Trinajstić information content (AvgIpc) is 2.18. The number of halogens is 1. The molecular formula is C10H9FN2O2. The Morgan fingerprint density at radius 3 is 2.87 bits per heavy atom. The predicted molar refractivity (Wildman–Crippen MR) is 53.6 cm³/mol. The SMILES string of the molecule is NC(=O)Nc1ccc(C#CCO)cc1F. The normalized spacial score (nSPS) is 8.93. The molecule has 0 heterocycles. The molecule has 0 bridgehead atoms. The first-order chi connectivity index (χ1) is 7.13. The smallest absolute Gasteiger partial charge is 0.316 e. The van der Waals surface area contributed by atoms with Crippen LogP contribution in [0, 0.1) is 17.7 Å². The zero-order chi connectivity index (χ0) is 11.3. The molecule has 0 aliphatic heterocycles. The fourth-order valence-electron chi connectivity index (χ4n) is 0.969. The number of aliphatic hydroxyl groups excluding tert-OH is 1. The van der Waals surface area contributed by atoms with Gasteiger partial charge in [-0.2, -0.15) is 0 Å². The molecular weight excluding hydrogens is 199 g/mol. The Morgan fingerprint density at radius 1 is 1.60 bits per heavy atom. The molecule has 5 heteroatoms. The Balaban J connectivity index is 2.92. The second-order valence-corrected chi connectivity index (χ2v) is 2.64. The highest BCUT2D eigenvalue weighted by Gasteiger charge is 2.03. The predicted octanol–water partition coefficient (Wildman–Crippen LogP) is 0.660. The van der Waals surface area contributed by atoms with Crippen molar-refractivity contribution >= 4 is 11.7 Å². The molecule has 0 unspecified atom stereocenters. The first-order valence-electron chi connectivity index (χ1n) is 4.09. The Bertz CT molecular complexity index is 435. The summed E-state index contributed by atoms with van der Waals surface area (Å²) in [5.41, 5.74) is 5.24. The lowest BCUT2D eigenvalue weighted by Gasteiger charge is -2.02.